The first kappa shape index (κ1) is 19.2. The first-order chi connectivity index (χ1) is 11.3. The third kappa shape index (κ3) is 6.12. The fraction of sp³-hybridized carbons (Fsp3) is 0.353. The molecule has 130 valence electrons. The number of aliphatic carboxylic acids is 1. The molecule has 1 aromatic carbocycles. The van der Waals surface area contributed by atoms with Crippen molar-refractivity contribution in [3.05, 3.63) is 35.9 Å². The smallest absolute Gasteiger partial charge is 0.338 e. The fourth-order valence-corrected chi connectivity index (χ4v) is 1.83. The average Bonchev–Trinajstić information content (AvgIpc) is 2.53. The molecule has 24 heavy (non-hydrogen) atoms. The molecule has 1 rings (SSSR count). The molecule has 0 saturated heterocycles. The number of esters is 2. The van der Waals surface area contributed by atoms with Crippen LogP contribution in [-0.4, -0.2) is 34.7 Å². The molecule has 0 atom stereocenters. The van der Waals surface area contributed by atoms with E-state index in [-0.39, 0.29) is 42.1 Å². The lowest BCUT2D eigenvalue weighted by Crippen LogP contribution is -2.09. The van der Waals surface area contributed by atoms with Crippen molar-refractivity contribution in [1.82, 2.24) is 0 Å². The molecule has 2 N–H and O–H groups in total. The van der Waals surface area contributed by atoms with Crippen LogP contribution >= 0.6 is 0 Å². The Balaban J connectivity index is 2.54. The molecule has 0 aliphatic rings. The Kier molecular flexibility index (Phi) is 7.48. The summed E-state index contributed by atoms with van der Waals surface area (Å²) in [5.74, 6) is -2.62. The summed E-state index contributed by atoms with van der Waals surface area (Å²) in [6.07, 6.45) is 1.24. The van der Waals surface area contributed by atoms with Crippen LogP contribution in [0.2, 0.25) is 0 Å². The van der Waals surface area contributed by atoms with Crippen molar-refractivity contribution in [2.45, 2.75) is 32.6 Å². The second kappa shape index (κ2) is 9.34. The van der Waals surface area contributed by atoms with Gasteiger partial charge in [-0.05, 0) is 44.4 Å². The van der Waals surface area contributed by atoms with Crippen molar-refractivity contribution < 1.29 is 34.1 Å². The van der Waals surface area contributed by atoms with Crippen molar-refractivity contribution in [2.24, 2.45) is 0 Å². The molecule has 7 heteroatoms. The number of hydrogen-bond acceptors (Lipinski definition) is 6. The van der Waals surface area contributed by atoms with Gasteiger partial charge in [-0.25, -0.2) is 9.59 Å². The zero-order valence-electron chi connectivity index (χ0n) is 13.4. The Labute approximate surface area is 139 Å². The summed E-state index contributed by atoms with van der Waals surface area (Å²) >= 11 is 0. The SMILES string of the molecule is C=C(CCCCC(=O)Oc1cc(C(=O)OCC)ccc1O)C(=O)O. The predicted octanol–water partition coefficient (Wildman–Crippen LogP) is 2.68. The second-order valence-electron chi connectivity index (χ2n) is 4.99. The number of phenolic OH excluding ortho intramolecular Hbond substituents is 1. The molecule has 0 unspecified atom stereocenters. The topological polar surface area (TPSA) is 110 Å². The number of ether oxygens (including phenoxy) is 2. The first-order valence-corrected chi connectivity index (χ1v) is 7.47. The number of hydrogen-bond donors (Lipinski definition) is 2. The van der Waals surface area contributed by atoms with Crippen LogP contribution in [0.3, 0.4) is 0 Å². The maximum absolute atomic E-state index is 11.8. The van der Waals surface area contributed by atoms with Crippen LogP contribution < -0.4 is 4.74 Å². The minimum absolute atomic E-state index is 0.0516. The van der Waals surface area contributed by atoms with E-state index in [1.165, 1.54) is 18.2 Å². The van der Waals surface area contributed by atoms with Gasteiger partial charge in [0.05, 0.1) is 12.2 Å². The molecule has 0 heterocycles. The number of carboxylic acids is 1. The van der Waals surface area contributed by atoms with Crippen molar-refractivity contribution in [1.29, 1.82) is 0 Å². The van der Waals surface area contributed by atoms with Gasteiger partial charge in [-0.1, -0.05) is 6.58 Å². The fourth-order valence-electron chi connectivity index (χ4n) is 1.83. The van der Waals surface area contributed by atoms with E-state index in [1.54, 1.807) is 6.92 Å². The highest BCUT2D eigenvalue weighted by Gasteiger charge is 2.14. The maximum atomic E-state index is 11.8. The quantitative estimate of drug-likeness (QED) is 0.309. The highest BCUT2D eigenvalue weighted by atomic mass is 16.5. The molecule has 0 aliphatic carbocycles. The molecule has 0 aliphatic heterocycles. The Morgan fingerprint density at radius 2 is 1.83 bits per heavy atom. The molecule has 7 nitrogen and oxygen atoms in total. The average molecular weight is 336 g/mol. The van der Waals surface area contributed by atoms with E-state index in [2.05, 4.69) is 6.58 Å². The lowest BCUT2D eigenvalue weighted by Gasteiger charge is -2.08. The summed E-state index contributed by atoms with van der Waals surface area (Å²) in [6, 6.07) is 3.84. The van der Waals surface area contributed by atoms with E-state index in [0.29, 0.717) is 12.8 Å². The molecule has 0 saturated carbocycles. The highest BCUT2D eigenvalue weighted by Crippen LogP contribution is 2.27. The Morgan fingerprint density at radius 3 is 2.46 bits per heavy atom. The number of rotatable bonds is 9. The monoisotopic (exact) mass is 336 g/mol. The van der Waals surface area contributed by atoms with Crippen molar-refractivity contribution in [3.8, 4) is 11.5 Å². The summed E-state index contributed by atoms with van der Waals surface area (Å²) in [6.45, 7) is 5.27. The van der Waals surface area contributed by atoms with E-state index in [0.717, 1.165) is 0 Å². The zero-order valence-corrected chi connectivity index (χ0v) is 13.4. The van der Waals surface area contributed by atoms with Crippen molar-refractivity contribution >= 4 is 17.9 Å². The van der Waals surface area contributed by atoms with Crippen molar-refractivity contribution in [2.75, 3.05) is 6.61 Å². The number of carbonyl (C=O) groups excluding carboxylic acids is 2. The summed E-state index contributed by atoms with van der Waals surface area (Å²) in [7, 11) is 0. The number of benzene rings is 1. The van der Waals surface area contributed by atoms with Gasteiger partial charge in [-0.2, -0.15) is 0 Å². The van der Waals surface area contributed by atoms with Crippen LogP contribution in [0.4, 0.5) is 0 Å². The largest absolute Gasteiger partial charge is 0.504 e. The van der Waals surface area contributed by atoms with Crippen molar-refractivity contribution in [3.63, 3.8) is 0 Å². The number of carboxylic acid groups (broad SMARTS) is 1. The van der Waals surface area contributed by atoms with Gasteiger partial charge in [-0.15, -0.1) is 0 Å². The second-order valence-corrected chi connectivity index (χ2v) is 4.99. The summed E-state index contributed by atoms with van der Waals surface area (Å²) in [4.78, 5) is 34.0. The summed E-state index contributed by atoms with van der Waals surface area (Å²) in [5, 5.41) is 18.4. The van der Waals surface area contributed by atoms with Gasteiger partial charge in [0.25, 0.3) is 0 Å². The van der Waals surface area contributed by atoms with Gasteiger partial charge in [-0.3, -0.25) is 4.79 Å². The minimum Gasteiger partial charge on any atom is -0.504 e. The van der Waals surface area contributed by atoms with E-state index in [9.17, 15) is 19.5 Å². The normalized spacial score (nSPS) is 10.0. The first-order valence-electron chi connectivity index (χ1n) is 7.47. The van der Waals surface area contributed by atoms with Crippen LogP contribution in [0.15, 0.2) is 30.4 Å². The molecule has 0 spiro atoms. The van der Waals surface area contributed by atoms with Gasteiger partial charge in [0.2, 0.25) is 0 Å². The van der Waals surface area contributed by atoms with E-state index < -0.39 is 17.9 Å². The van der Waals surface area contributed by atoms with Crippen LogP contribution in [0.1, 0.15) is 43.0 Å². The predicted molar refractivity (Wildman–Crippen MR) is 84.9 cm³/mol. The number of aromatic hydroxyl groups is 1. The number of phenols is 1. The maximum Gasteiger partial charge on any atom is 0.338 e. The molecule has 0 bridgehead atoms. The highest BCUT2D eigenvalue weighted by molar-refractivity contribution is 5.90. The lowest BCUT2D eigenvalue weighted by atomic mass is 10.1. The van der Waals surface area contributed by atoms with E-state index >= 15 is 0 Å². The van der Waals surface area contributed by atoms with Crippen LogP contribution in [0.5, 0.6) is 11.5 Å². The minimum atomic E-state index is -1.06. The molecule has 0 amide bonds. The third-order valence-corrected chi connectivity index (χ3v) is 3.11. The third-order valence-electron chi connectivity index (χ3n) is 3.11. The van der Waals surface area contributed by atoms with E-state index in [4.69, 9.17) is 14.6 Å². The standard InChI is InChI=1S/C17H20O7/c1-3-23-17(22)12-8-9-13(18)14(10-12)24-15(19)7-5-4-6-11(2)16(20)21/h8-10,18H,2-7H2,1H3,(H,20,21). The zero-order chi connectivity index (χ0) is 18.1. The van der Waals surface area contributed by atoms with E-state index in [1.807, 2.05) is 0 Å². The van der Waals surface area contributed by atoms with Crippen LogP contribution in [-0.2, 0) is 14.3 Å². The molecule has 0 radical (unpaired) electrons. The summed E-state index contributed by atoms with van der Waals surface area (Å²) in [5.41, 5.74) is 0.248. The molecule has 0 aromatic heterocycles. The number of unbranched alkanes of at least 4 members (excludes halogenated alkanes) is 1. The van der Waals surface area contributed by atoms with Gasteiger partial charge in [0, 0.05) is 12.0 Å². The molecular weight excluding hydrogens is 316 g/mol. The van der Waals surface area contributed by atoms with Gasteiger partial charge < -0.3 is 19.7 Å². The molecule has 1 aromatic rings. The Bertz CT molecular complexity index is 634. The van der Waals surface area contributed by atoms with Gasteiger partial charge in [0.1, 0.15) is 0 Å². The summed E-state index contributed by atoms with van der Waals surface area (Å²) < 4.78 is 9.86. The van der Waals surface area contributed by atoms with Crippen LogP contribution in [0, 0.1) is 0 Å². The Morgan fingerprint density at radius 1 is 1.17 bits per heavy atom. The molecular formula is C17H20O7. The number of carbonyl (C=O) groups is 3. The van der Waals surface area contributed by atoms with Crippen LogP contribution in [0.25, 0.3) is 0 Å². The van der Waals surface area contributed by atoms with Gasteiger partial charge in [0.15, 0.2) is 11.5 Å². The lowest BCUT2D eigenvalue weighted by molar-refractivity contribution is -0.134. The van der Waals surface area contributed by atoms with Gasteiger partial charge >= 0.3 is 17.9 Å². The Hall–Kier alpha value is -2.83. The molecule has 0 fully saturated rings.